The molecule has 0 amide bonds. The molecular weight excluding hydrogens is 294 g/mol. The largest absolute Gasteiger partial charge is 0.383 e. The number of hydrogen-bond donors (Lipinski definition) is 1. The van der Waals surface area contributed by atoms with Crippen LogP contribution in [0.15, 0.2) is 24.5 Å². The van der Waals surface area contributed by atoms with Crippen molar-refractivity contribution in [3.63, 3.8) is 0 Å². The molecule has 1 aromatic heterocycles. The molecule has 0 unspecified atom stereocenters. The predicted octanol–water partition coefficient (Wildman–Crippen LogP) is 2.99. The molecule has 0 spiro atoms. The van der Waals surface area contributed by atoms with Crippen molar-refractivity contribution in [2.75, 3.05) is 20.3 Å². The van der Waals surface area contributed by atoms with E-state index < -0.39 is 8.07 Å². The third-order valence-corrected chi connectivity index (χ3v) is 5.35. The van der Waals surface area contributed by atoms with E-state index in [0.29, 0.717) is 13.3 Å². The number of ether oxygens (including phenoxy) is 2. The van der Waals surface area contributed by atoms with Crippen molar-refractivity contribution >= 4 is 19.1 Å². The Morgan fingerprint density at radius 3 is 2.77 bits per heavy atom. The summed E-state index contributed by atoms with van der Waals surface area (Å²) in [4.78, 5) is 4.44. The summed E-state index contributed by atoms with van der Waals surface area (Å²) in [5.74, 6) is 0. The molecule has 2 N–H and O–H groups in total. The van der Waals surface area contributed by atoms with Crippen LogP contribution in [0.3, 0.4) is 0 Å². The second-order valence-corrected chi connectivity index (χ2v) is 12.5. The average molecular weight is 321 g/mol. The Morgan fingerprint density at radius 1 is 1.32 bits per heavy atom. The van der Waals surface area contributed by atoms with Gasteiger partial charge in [-0.2, -0.15) is 0 Å². The van der Waals surface area contributed by atoms with Gasteiger partial charge in [0.15, 0.2) is 0 Å². The Bertz CT molecular complexity index is 607. The number of rotatable bonds is 8. The van der Waals surface area contributed by atoms with Gasteiger partial charge >= 0.3 is 0 Å². The molecule has 0 aliphatic heterocycles. The maximum Gasteiger partial charge on any atom is 0.124 e. The van der Waals surface area contributed by atoms with Gasteiger partial charge in [-0.3, -0.25) is 0 Å². The Balaban J connectivity index is 2.01. The van der Waals surface area contributed by atoms with Gasteiger partial charge in [-0.15, -0.1) is 0 Å². The minimum Gasteiger partial charge on any atom is -0.383 e. The predicted molar refractivity (Wildman–Crippen MR) is 92.6 cm³/mol. The lowest BCUT2D eigenvalue weighted by atomic mass is 10.1. The van der Waals surface area contributed by atoms with Crippen molar-refractivity contribution in [2.45, 2.75) is 38.5 Å². The number of nitrogens with two attached hydrogens (primary N) is 1. The minimum absolute atomic E-state index is 0.118. The number of imidazole rings is 1. The number of methoxy groups -OCH3 is 1. The van der Waals surface area contributed by atoms with E-state index in [1.807, 2.05) is 23.0 Å². The lowest BCUT2D eigenvalue weighted by Crippen LogP contribution is -2.21. The molecule has 1 heterocycles. The molecule has 2 aromatic rings. The second kappa shape index (κ2) is 7.37. The summed E-state index contributed by atoms with van der Waals surface area (Å²) in [6, 6.07) is 7.17. The monoisotopic (exact) mass is 321 g/mol. The summed E-state index contributed by atoms with van der Waals surface area (Å²) in [5.41, 5.74) is 9.12. The maximum absolute atomic E-state index is 6.06. The van der Waals surface area contributed by atoms with Crippen molar-refractivity contribution in [3.05, 3.63) is 30.1 Å². The SMILES string of the molecule is COC[C@@H](N)c1ccc2c(c1)ncn2COCC[Si](C)(C)C. The van der Waals surface area contributed by atoms with Gasteiger partial charge in [0.2, 0.25) is 0 Å². The molecule has 0 saturated heterocycles. The van der Waals surface area contributed by atoms with E-state index in [9.17, 15) is 0 Å². The zero-order chi connectivity index (χ0) is 16.2. The number of aromatic nitrogens is 2. The molecule has 1 atom stereocenters. The van der Waals surface area contributed by atoms with Gasteiger partial charge in [0.05, 0.1) is 30.0 Å². The normalized spacial score (nSPS) is 13.7. The summed E-state index contributed by atoms with van der Waals surface area (Å²) in [6.45, 7) is 8.93. The first-order valence-electron chi connectivity index (χ1n) is 7.68. The molecule has 2 rings (SSSR count). The van der Waals surface area contributed by atoms with Crippen molar-refractivity contribution in [3.8, 4) is 0 Å². The van der Waals surface area contributed by atoms with E-state index in [-0.39, 0.29) is 6.04 Å². The molecule has 122 valence electrons. The Labute approximate surface area is 133 Å². The molecule has 0 aliphatic carbocycles. The van der Waals surface area contributed by atoms with Crippen LogP contribution in [0.4, 0.5) is 0 Å². The molecule has 0 aliphatic rings. The fraction of sp³-hybridized carbons (Fsp3) is 0.562. The molecule has 0 fully saturated rings. The van der Waals surface area contributed by atoms with Crippen LogP contribution in [0.2, 0.25) is 25.7 Å². The zero-order valence-corrected chi connectivity index (χ0v) is 15.0. The molecule has 0 radical (unpaired) electrons. The van der Waals surface area contributed by atoms with Crippen molar-refractivity contribution in [2.24, 2.45) is 5.73 Å². The van der Waals surface area contributed by atoms with E-state index in [1.54, 1.807) is 7.11 Å². The molecule has 0 saturated carbocycles. The number of fused-ring (bicyclic) bond motifs is 1. The van der Waals surface area contributed by atoms with E-state index in [2.05, 4.69) is 30.7 Å². The van der Waals surface area contributed by atoms with Gasteiger partial charge in [0.25, 0.3) is 0 Å². The topological polar surface area (TPSA) is 62.3 Å². The smallest absolute Gasteiger partial charge is 0.124 e. The van der Waals surface area contributed by atoms with Crippen LogP contribution in [-0.4, -0.2) is 37.9 Å². The van der Waals surface area contributed by atoms with Crippen LogP contribution in [0.5, 0.6) is 0 Å². The first-order valence-corrected chi connectivity index (χ1v) is 11.4. The van der Waals surface area contributed by atoms with Crippen LogP contribution in [-0.2, 0) is 16.2 Å². The summed E-state index contributed by atoms with van der Waals surface area (Å²) in [5, 5.41) is 0. The molecule has 1 aromatic carbocycles. The number of nitrogens with zero attached hydrogens (tertiary/aromatic N) is 2. The summed E-state index contributed by atoms with van der Waals surface area (Å²) < 4.78 is 12.9. The van der Waals surface area contributed by atoms with E-state index in [1.165, 1.54) is 6.04 Å². The first-order chi connectivity index (χ1) is 10.4. The number of hydrogen-bond acceptors (Lipinski definition) is 4. The molecule has 0 bridgehead atoms. The standard InChI is InChI=1S/C16H27N3O2Si/c1-20-10-14(17)13-5-6-16-15(9-13)18-11-19(16)12-21-7-8-22(2,3)4/h5-6,9,11,14H,7-8,10,12,17H2,1-4H3/t14-/m1/s1. The quantitative estimate of drug-likeness (QED) is 0.600. The highest BCUT2D eigenvalue weighted by molar-refractivity contribution is 6.76. The lowest BCUT2D eigenvalue weighted by molar-refractivity contribution is 0.0898. The fourth-order valence-corrected chi connectivity index (χ4v) is 2.99. The van der Waals surface area contributed by atoms with Crippen molar-refractivity contribution in [1.29, 1.82) is 0 Å². The summed E-state index contributed by atoms with van der Waals surface area (Å²) in [6.07, 6.45) is 1.82. The molecule has 6 heteroatoms. The molecule has 22 heavy (non-hydrogen) atoms. The molecular formula is C16H27N3O2Si. The van der Waals surface area contributed by atoms with E-state index >= 15 is 0 Å². The third-order valence-electron chi connectivity index (χ3n) is 3.65. The van der Waals surface area contributed by atoms with Gasteiger partial charge in [-0.05, 0) is 23.7 Å². The van der Waals surface area contributed by atoms with E-state index in [4.69, 9.17) is 15.2 Å². The average Bonchev–Trinajstić information content (AvgIpc) is 2.85. The first kappa shape index (κ1) is 17.1. The Kier molecular flexibility index (Phi) is 5.74. The van der Waals surface area contributed by atoms with Gasteiger partial charge < -0.3 is 19.8 Å². The Morgan fingerprint density at radius 2 is 2.09 bits per heavy atom. The third kappa shape index (κ3) is 4.64. The van der Waals surface area contributed by atoms with Gasteiger partial charge in [0.1, 0.15) is 6.73 Å². The molecule has 5 nitrogen and oxygen atoms in total. The summed E-state index contributed by atoms with van der Waals surface area (Å²) in [7, 11) is 0.621. The van der Waals surface area contributed by atoms with Gasteiger partial charge in [0, 0.05) is 21.8 Å². The fourth-order valence-electron chi connectivity index (χ4n) is 2.23. The highest BCUT2D eigenvalue weighted by atomic mass is 28.3. The van der Waals surface area contributed by atoms with Crippen molar-refractivity contribution < 1.29 is 9.47 Å². The summed E-state index contributed by atoms with van der Waals surface area (Å²) >= 11 is 0. The second-order valence-electron chi connectivity index (χ2n) is 6.87. The van der Waals surface area contributed by atoms with Gasteiger partial charge in [-0.1, -0.05) is 25.7 Å². The lowest BCUT2D eigenvalue weighted by Gasteiger charge is -2.15. The minimum atomic E-state index is -1.04. The van der Waals surface area contributed by atoms with Crippen LogP contribution in [0.25, 0.3) is 11.0 Å². The maximum atomic E-state index is 6.06. The number of benzene rings is 1. The van der Waals surface area contributed by atoms with Crippen LogP contribution < -0.4 is 5.73 Å². The van der Waals surface area contributed by atoms with Gasteiger partial charge in [-0.25, -0.2) is 4.98 Å². The highest BCUT2D eigenvalue weighted by Gasteiger charge is 2.12. The highest BCUT2D eigenvalue weighted by Crippen LogP contribution is 2.19. The Hall–Kier alpha value is -1.21. The van der Waals surface area contributed by atoms with Crippen LogP contribution in [0, 0.1) is 0 Å². The van der Waals surface area contributed by atoms with Crippen LogP contribution >= 0.6 is 0 Å². The zero-order valence-electron chi connectivity index (χ0n) is 14.0. The van der Waals surface area contributed by atoms with Crippen molar-refractivity contribution in [1.82, 2.24) is 9.55 Å². The van der Waals surface area contributed by atoms with Crippen LogP contribution in [0.1, 0.15) is 11.6 Å². The van der Waals surface area contributed by atoms with E-state index in [0.717, 1.165) is 23.2 Å².